The fraction of sp³-hybridized carbons (Fsp3) is 0.571. The second kappa shape index (κ2) is 5.49. The molecule has 0 amide bonds. The number of aromatic nitrogens is 3. The number of ether oxygens (including phenoxy) is 1. The fourth-order valence-corrected chi connectivity index (χ4v) is 3.21. The summed E-state index contributed by atoms with van der Waals surface area (Å²) in [6, 6.07) is 0. The van der Waals surface area contributed by atoms with E-state index in [2.05, 4.69) is 32.8 Å². The van der Waals surface area contributed by atoms with Crippen LogP contribution in [0, 0.1) is 5.92 Å². The molecule has 0 aromatic carbocycles. The number of nitrogens with zero attached hydrogens (tertiary/aromatic N) is 3. The van der Waals surface area contributed by atoms with Crippen LogP contribution in [0.4, 0.5) is 0 Å². The summed E-state index contributed by atoms with van der Waals surface area (Å²) in [6.07, 6.45) is 11.9. The fourth-order valence-electron chi connectivity index (χ4n) is 2.83. The van der Waals surface area contributed by atoms with E-state index < -0.39 is 0 Å². The molecule has 19 heavy (non-hydrogen) atoms. The molecule has 0 spiro atoms. The molecule has 2 aromatic heterocycles. The maximum absolute atomic E-state index is 6.12. The molecule has 3 rings (SSSR count). The van der Waals surface area contributed by atoms with Gasteiger partial charge in [-0.05, 0) is 41.1 Å². The van der Waals surface area contributed by atoms with Crippen molar-refractivity contribution in [2.24, 2.45) is 5.92 Å². The van der Waals surface area contributed by atoms with Gasteiger partial charge in [0.05, 0.1) is 0 Å². The van der Waals surface area contributed by atoms with Gasteiger partial charge in [-0.2, -0.15) is 0 Å². The van der Waals surface area contributed by atoms with E-state index in [0.29, 0.717) is 5.88 Å². The van der Waals surface area contributed by atoms with Crippen LogP contribution in [0.1, 0.15) is 39.0 Å². The van der Waals surface area contributed by atoms with Gasteiger partial charge >= 0.3 is 0 Å². The maximum atomic E-state index is 6.12. The standard InChI is InChI=1S/C14H18BrN3O/c1-2-10-4-3-5-11(8-10)19-14-13-16-6-7-18(13)9-12(15)17-14/h6-7,9-11H,2-5,8H2,1H3. The van der Waals surface area contributed by atoms with Gasteiger partial charge in [-0.3, -0.25) is 4.40 Å². The van der Waals surface area contributed by atoms with Gasteiger partial charge in [-0.15, -0.1) is 0 Å². The van der Waals surface area contributed by atoms with Crippen LogP contribution >= 0.6 is 15.9 Å². The summed E-state index contributed by atoms with van der Waals surface area (Å²) in [5.74, 6) is 1.43. The van der Waals surface area contributed by atoms with Crippen LogP contribution in [0.15, 0.2) is 23.2 Å². The van der Waals surface area contributed by atoms with Crippen molar-refractivity contribution in [2.45, 2.75) is 45.1 Å². The van der Waals surface area contributed by atoms with Gasteiger partial charge in [0.1, 0.15) is 10.7 Å². The Morgan fingerprint density at radius 3 is 3.21 bits per heavy atom. The average Bonchev–Trinajstić information content (AvgIpc) is 2.87. The Balaban J connectivity index is 1.82. The van der Waals surface area contributed by atoms with Gasteiger partial charge in [0.25, 0.3) is 5.88 Å². The predicted molar refractivity (Wildman–Crippen MR) is 77.4 cm³/mol. The van der Waals surface area contributed by atoms with Crippen LogP contribution in [-0.2, 0) is 0 Å². The van der Waals surface area contributed by atoms with Gasteiger partial charge in [0.15, 0.2) is 0 Å². The molecule has 0 radical (unpaired) electrons. The van der Waals surface area contributed by atoms with Gasteiger partial charge < -0.3 is 4.74 Å². The van der Waals surface area contributed by atoms with Crippen molar-refractivity contribution in [1.82, 2.24) is 14.4 Å². The number of rotatable bonds is 3. The van der Waals surface area contributed by atoms with Crippen molar-refractivity contribution < 1.29 is 4.74 Å². The molecular weight excluding hydrogens is 306 g/mol. The third-order valence-corrected chi connectivity index (χ3v) is 4.29. The molecule has 2 atom stereocenters. The molecule has 2 heterocycles. The number of imidazole rings is 1. The highest BCUT2D eigenvalue weighted by atomic mass is 79.9. The summed E-state index contributed by atoms with van der Waals surface area (Å²) in [6.45, 7) is 2.26. The lowest BCUT2D eigenvalue weighted by molar-refractivity contribution is 0.118. The zero-order valence-corrected chi connectivity index (χ0v) is 12.6. The van der Waals surface area contributed by atoms with E-state index in [9.17, 15) is 0 Å². The van der Waals surface area contributed by atoms with Crippen molar-refractivity contribution in [3.05, 3.63) is 23.2 Å². The molecule has 1 saturated carbocycles. The van der Waals surface area contributed by atoms with Crippen molar-refractivity contribution in [3.8, 4) is 5.88 Å². The van der Waals surface area contributed by atoms with Crippen LogP contribution in [0.3, 0.4) is 0 Å². The highest BCUT2D eigenvalue weighted by molar-refractivity contribution is 9.10. The molecule has 0 N–H and O–H groups in total. The second-order valence-electron chi connectivity index (χ2n) is 5.21. The monoisotopic (exact) mass is 323 g/mol. The Morgan fingerprint density at radius 2 is 2.37 bits per heavy atom. The van der Waals surface area contributed by atoms with E-state index in [0.717, 1.165) is 29.0 Å². The zero-order chi connectivity index (χ0) is 13.2. The Labute approximate surface area is 121 Å². The normalized spacial score (nSPS) is 23.7. The first-order valence-corrected chi connectivity index (χ1v) is 7.71. The van der Waals surface area contributed by atoms with E-state index in [-0.39, 0.29) is 6.10 Å². The summed E-state index contributed by atoms with van der Waals surface area (Å²) < 4.78 is 8.83. The maximum Gasteiger partial charge on any atom is 0.259 e. The van der Waals surface area contributed by atoms with Crippen LogP contribution < -0.4 is 4.74 Å². The van der Waals surface area contributed by atoms with Crippen molar-refractivity contribution in [2.75, 3.05) is 0 Å². The highest BCUT2D eigenvalue weighted by Crippen LogP contribution is 2.30. The molecular formula is C14H18BrN3O. The first-order chi connectivity index (χ1) is 9.26. The SMILES string of the molecule is CCC1CCCC(Oc2nc(Br)cn3ccnc23)C1. The van der Waals surface area contributed by atoms with Crippen molar-refractivity contribution >= 4 is 21.6 Å². The number of hydrogen-bond acceptors (Lipinski definition) is 3. The minimum atomic E-state index is 0.279. The molecule has 1 fully saturated rings. The van der Waals surface area contributed by atoms with E-state index in [1.165, 1.54) is 19.3 Å². The topological polar surface area (TPSA) is 39.4 Å². The van der Waals surface area contributed by atoms with Crippen LogP contribution in [0.2, 0.25) is 0 Å². The van der Waals surface area contributed by atoms with E-state index in [1.54, 1.807) is 6.20 Å². The zero-order valence-electron chi connectivity index (χ0n) is 11.1. The van der Waals surface area contributed by atoms with E-state index in [4.69, 9.17) is 4.74 Å². The molecule has 0 bridgehead atoms. The summed E-state index contributed by atoms with van der Waals surface area (Å²) >= 11 is 3.42. The summed E-state index contributed by atoms with van der Waals surface area (Å²) in [4.78, 5) is 8.75. The molecule has 1 aliphatic carbocycles. The summed E-state index contributed by atoms with van der Waals surface area (Å²) in [5.41, 5.74) is 0.793. The molecule has 0 saturated heterocycles. The van der Waals surface area contributed by atoms with Crippen molar-refractivity contribution in [3.63, 3.8) is 0 Å². The number of fused-ring (bicyclic) bond motifs is 1. The van der Waals surface area contributed by atoms with E-state index >= 15 is 0 Å². The average molecular weight is 324 g/mol. The lowest BCUT2D eigenvalue weighted by Crippen LogP contribution is -2.25. The van der Waals surface area contributed by atoms with Gasteiger partial charge in [0.2, 0.25) is 5.65 Å². The van der Waals surface area contributed by atoms with Crippen LogP contribution in [-0.4, -0.2) is 20.5 Å². The smallest absolute Gasteiger partial charge is 0.259 e. The minimum absolute atomic E-state index is 0.279. The Kier molecular flexibility index (Phi) is 3.73. The third kappa shape index (κ3) is 2.76. The quantitative estimate of drug-likeness (QED) is 0.861. The third-order valence-electron chi connectivity index (χ3n) is 3.90. The molecule has 0 aliphatic heterocycles. The van der Waals surface area contributed by atoms with Crippen LogP contribution in [0.5, 0.6) is 5.88 Å². The molecule has 5 heteroatoms. The first-order valence-electron chi connectivity index (χ1n) is 6.92. The molecule has 4 nitrogen and oxygen atoms in total. The van der Waals surface area contributed by atoms with Gasteiger partial charge in [-0.25, -0.2) is 9.97 Å². The van der Waals surface area contributed by atoms with Crippen molar-refractivity contribution in [1.29, 1.82) is 0 Å². The number of hydrogen-bond donors (Lipinski definition) is 0. The molecule has 2 unspecified atom stereocenters. The predicted octanol–water partition coefficient (Wildman–Crippen LogP) is 3.84. The van der Waals surface area contributed by atoms with Crippen LogP contribution in [0.25, 0.3) is 5.65 Å². The Bertz CT molecular complexity index is 569. The highest BCUT2D eigenvalue weighted by Gasteiger charge is 2.23. The minimum Gasteiger partial charge on any atom is -0.472 e. The lowest BCUT2D eigenvalue weighted by atomic mass is 9.85. The van der Waals surface area contributed by atoms with Gasteiger partial charge in [0, 0.05) is 18.6 Å². The van der Waals surface area contributed by atoms with Gasteiger partial charge in [-0.1, -0.05) is 19.8 Å². The Morgan fingerprint density at radius 1 is 1.47 bits per heavy atom. The van der Waals surface area contributed by atoms with E-state index in [1.807, 2.05) is 16.8 Å². The molecule has 1 aliphatic rings. The summed E-state index contributed by atoms with van der Waals surface area (Å²) in [5, 5.41) is 0. The lowest BCUT2D eigenvalue weighted by Gasteiger charge is -2.28. The first kappa shape index (κ1) is 12.9. The summed E-state index contributed by atoms with van der Waals surface area (Å²) in [7, 11) is 0. The molecule has 2 aromatic rings. The molecule has 102 valence electrons. The second-order valence-corrected chi connectivity index (χ2v) is 6.02. The number of halogens is 1. The Hall–Kier alpha value is -1.10. The largest absolute Gasteiger partial charge is 0.472 e.